The number of para-hydroxylation sites is 1. The molecule has 0 aliphatic heterocycles. The van der Waals surface area contributed by atoms with E-state index in [1.165, 1.54) is 31.2 Å². The van der Waals surface area contributed by atoms with Crippen LogP contribution in [-0.4, -0.2) is 12.6 Å². The minimum Gasteiger partial charge on any atom is -0.462 e. The van der Waals surface area contributed by atoms with Gasteiger partial charge in [0.05, 0.1) is 12.0 Å². The molecule has 0 fully saturated rings. The van der Waals surface area contributed by atoms with Crippen LogP contribution in [0, 0.1) is 0 Å². The van der Waals surface area contributed by atoms with Crippen molar-refractivity contribution in [2.45, 2.75) is 13.1 Å². The summed E-state index contributed by atoms with van der Waals surface area (Å²) in [6.45, 7) is 1.27. The summed E-state index contributed by atoms with van der Waals surface area (Å²) in [5, 5.41) is -0.108. The maximum Gasteiger partial charge on any atom is 0.450 e. The summed E-state index contributed by atoms with van der Waals surface area (Å²) in [6, 6.07) is 5.39. The fourth-order valence-corrected chi connectivity index (χ4v) is 1.73. The van der Waals surface area contributed by atoms with E-state index in [0.717, 1.165) is 0 Å². The van der Waals surface area contributed by atoms with E-state index < -0.39 is 28.9 Å². The Kier molecular flexibility index (Phi) is 3.52. The van der Waals surface area contributed by atoms with Crippen LogP contribution in [0.4, 0.5) is 13.2 Å². The summed E-state index contributed by atoms with van der Waals surface area (Å²) in [7, 11) is 0. The summed E-state index contributed by atoms with van der Waals surface area (Å²) in [4.78, 5) is 23.6. The number of halogens is 3. The average molecular weight is 286 g/mol. The number of ether oxygens (including phenoxy) is 1. The zero-order valence-corrected chi connectivity index (χ0v) is 10.3. The highest BCUT2D eigenvalue weighted by Crippen LogP contribution is 2.33. The molecule has 1 aromatic heterocycles. The third-order valence-electron chi connectivity index (χ3n) is 2.53. The number of hydrogen-bond donors (Lipinski definition) is 0. The van der Waals surface area contributed by atoms with Crippen molar-refractivity contribution < 1.29 is 27.1 Å². The molecule has 0 saturated heterocycles. The summed E-state index contributed by atoms with van der Waals surface area (Å²) >= 11 is 0. The number of hydrogen-bond acceptors (Lipinski definition) is 4. The highest BCUT2D eigenvalue weighted by Gasteiger charge is 2.41. The van der Waals surface area contributed by atoms with E-state index in [1.807, 2.05) is 0 Å². The predicted molar refractivity (Wildman–Crippen MR) is 63.4 cm³/mol. The van der Waals surface area contributed by atoms with E-state index in [9.17, 15) is 22.8 Å². The van der Waals surface area contributed by atoms with Gasteiger partial charge in [-0.25, -0.2) is 4.79 Å². The number of fused-ring (bicyclic) bond motifs is 1. The highest BCUT2D eigenvalue weighted by molar-refractivity contribution is 5.94. The van der Waals surface area contributed by atoms with E-state index in [-0.39, 0.29) is 17.6 Å². The lowest BCUT2D eigenvalue weighted by atomic mass is 10.1. The van der Waals surface area contributed by atoms with Gasteiger partial charge in [0.15, 0.2) is 5.56 Å². The molecule has 0 aliphatic carbocycles. The Labute approximate surface area is 110 Å². The van der Waals surface area contributed by atoms with Gasteiger partial charge < -0.3 is 9.15 Å². The standard InChI is InChI=1S/C13H9F3O4/c1-2-19-12(18)9-10(17)7-5-3-4-6-8(7)20-11(9)13(14,15)16/h3-6H,2H2,1H3. The molecule has 0 spiro atoms. The Morgan fingerprint density at radius 3 is 2.55 bits per heavy atom. The summed E-state index contributed by atoms with van der Waals surface area (Å²) in [6.07, 6.45) is -4.97. The molecule has 0 atom stereocenters. The van der Waals surface area contributed by atoms with Gasteiger partial charge in [0.2, 0.25) is 11.2 Å². The molecule has 0 amide bonds. The van der Waals surface area contributed by atoms with Gasteiger partial charge in [-0.2, -0.15) is 13.2 Å². The van der Waals surface area contributed by atoms with Crippen molar-refractivity contribution in [3.8, 4) is 0 Å². The van der Waals surface area contributed by atoms with Crippen LogP contribution in [0.15, 0.2) is 33.5 Å². The van der Waals surface area contributed by atoms with Gasteiger partial charge in [-0.1, -0.05) is 12.1 Å². The number of rotatable bonds is 2. The molecule has 1 aromatic carbocycles. The van der Waals surface area contributed by atoms with Crippen LogP contribution < -0.4 is 5.43 Å². The van der Waals surface area contributed by atoms with Gasteiger partial charge in [0.1, 0.15) is 5.58 Å². The second-order valence-electron chi connectivity index (χ2n) is 3.85. The molecule has 4 nitrogen and oxygen atoms in total. The van der Waals surface area contributed by atoms with Gasteiger partial charge in [-0.15, -0.1) is 0 Å². The van der Waals surface area contributed by atoms with E-state index in [4.69, 9.17) is 0 Å². The largest absolute Gasteiger partial charge is 0.462 e. The van der Waals surface area contributed by atoms with Crippen molar-refractivity contribution in [2.24, 2.45) is 0 Å². The molecule has 2 aromatic rings. The van der Waals surface area contributed by atoms with Crippen molar-refractivity contribution in [1.82, 2.24) is 0 Å². The topological polar surface area (TPSA) is 56.5 Å². The summed E-state index contributed by atoms with van der Waals surface area (Å²) in [5.41, 5.74) is -2.42. The number of alkyl halides is 3. The Morgan fingerprint density at radius 1 is 1.30 bits per heavy atom. The molecule has 106 valence electrons. The number of carbonyl (C=O) groups is 1. The van der Waals surface area contributed by atoms with Crippen LogP contribution >= 0.6 is 0 Å². The van der Waals surface area contributed by atoms with Gasteiger partial charge in [0.25, 0.3) is 0 Å². The Hall–Kier alpha value is -2.31. The molecular formula is C13H9F3O4. The Morgan fingerprint density at radius 2 is 1.95 bits per heavy atom. The van der Waals surface area contributed by atoms with Crippen molar-refractivity contribution >= 4 is 16.9 Å². The quantitative estimate of drug-likeness (QED) is 0.796. The molecule has 0 unspecified atom stereocenters. The fourth-order valence-electron chi connectivity index (χ4n) is 1.73. The van der Waals surface area contributed by atoms with Crippen LogP contribution in [0.1, 0.15) is 23.0 Å². The van der Waals surface area contributed by atoms with E-state index in [2.05, 4.69) is 9.15 Å². The maximum atomic E-state index is 12.9. The van der Waals surface area contributed by atoms with Gasteiger partial charge in [-0.05, 0) is 19.1 Å². The third-order valence-corrected chi connectivity index (χ3v) is 2.53. The van der Waals surface area contributed by atoms with Crippen LogP contribution in [0.2, 0.25) is 0 Å². The molecule has 0 aliphatic rings. The molecule has 7 heteroatoms. The normalized spacial score (nSPS) is 11.6. The lowest BCUT2D eigenvalue weighted by Gasteiger charge is -2.11. The first-order valence-electron chi connectivity index (χ1n) is 5.66. The van der Waals surface area contributed by atoms with Gasteiger partial charge >= 0.3 is 12.1 Å². The van der Waals surface area contributed by atoms with Crippen LogP contribution in [0.25, 0.3) is 11.0 Å². The molecule has 0 saturated carbocycles. The first-order valence-corrected chi connectivity index (χ1v) is 5.66. The third kappa shape index (κ3) is 2.38. The van der Waals surface area contributed by atoms with Crippen LogP contribution in [-0.2, 0) is 10.9 Å². The van der Waals surface area contributed by atoms with E-state index in [1.54, 1.807) is 0 Å². The lowest BCUT2D eigenvalue weighted by Crippen LogP contribution is -2.24. The summed E-state index contributed by atoms with van der Waals surface area (Å²) in [5.74, 6) is -2.99. The zero-order valence-electron chi connectivity index (χ0n) is 10.3. The molecule has 0 radical (unpaired) electrons. The average Bonchev–Trinajstić information content (AvgIpc) is 2.37. The second kappa shape index (κ2) is 4.99. The first-order chi connectivity index (χ1) is 9.36. The highest BCUT2D eigenvalue weighted by atomic mass is 19.4. The molecule has 0 N–H and O–H groups in total. The molecule has 0 bridgehead atoms. The SMILES string of the molecule is CCOC(=O)c1c(C(F)(F)F)oc2ccccc2c1=O. The predicted octanol–water partition coefficient (Wildman–Crippen LogP) is 2.99. The Bertz CT molecular complexity index is 716. The van der Waals surface area contributed by atoms with E-state index in [0.29, 0.717) is 0 Å². The first kappa shape index (κ1) is 14.1. The molecule has 1 heterocycles. The number of carbonyl (C=O) groups excluding carboxylic acids is 1. The van der Waals surface area contributed by atoms with Crippen molar-refractivity contribution in [2.75, 3.05) is 6.61 Å². The monoisotopic (exact) mass is 286 g/mol. The number of benzene rings is 1. The van der Waals surface area contributed by atoms with Gasteiger partial charge in [0, 0.05) is 0 Å². The smallest absolute Gasteiger partial charge is 0.450 e. The summed E-state index contributed by atoms with van der Waals surface area (Å²) < 4.78 is 47.9. The maximum absolute atomic E-state index is 12.9. The second-order valence-corrected chi connectivity index (χ2v) is 3.85. The molecule has 2 rings (SSSR count). The van der Waals surface area contributed by atoms with Crippen LogP contribution in [0.5, 0.6) is 0 Å². The Balaban J connectivity index is 2.84. The van der Waals surface area contributed by atoms with Crippen LogP contribution in [0.3, 0.4) is 0 Å². The number of esters is 1. The van der Waals surface area contributed by atoms with Crippen molar-refractivity contribution in [3.63, 3.8) is 0 Å². The lowest BCUT2D eigenvalue weighted by molar-refractivity contribution is -0.153. The van der Waals surface area contributed by atoms with Crippen molar-refractivity contribution in [1.29, 1.82) is 0 Å². The minimum absolute atomic E-state index is 0.108. The fraction of sp³-hybridized carbons (Fsp3) is 0.231. The minimum atomic E-state index is -4.97. The van der Waals surface area contributed by atoms with Gasteiger partial charge in [-0.3, -0.25) is 4.79 Å². The van der Waals surface area contributed by atoms with Crippen molar-refractivity contribution in [3.05, 3.63) is 45.8 Å². The van der Waals surface area contributed by atoms with E-state index >= 15 is 0 Å². The zero-order chi connectivity index (χ0) is 14.9. The molecule has 20 heavy (non-hydrogen) atoms. The molecular weight excluding hydrogens is 277 g/mol.